The average Bonchev–Trinajstić information content (AvgIpc) is 3.15. The second-order valence-corrected chi connectivity index (χ2v) is 8.98. The van der Waals surface area contributed by atoms with Crippen LogP contribution in [0.2, 0.25) is 0 Å². The number of benzene rings is 2. The van der Waals surface area contributed by atoms with Gasteiger partial charge in [0.25, 0.3) is 0 Å². The third-order valence-electron chi connectivity index (χ3n) is 4.40. The second-order valence-electron chi connectivity index (χ2n) is 6.77. The van der Waals surface area contributed by atoms with Crippen LogP contribution in [-0.2, 0) is 21.2 Å². The van der Waals surface area contributed by atoms with Gasteiger partial charge in [-0.2, -0.15) is 13.5 Å². The number of carbonyl (C=O) groups excluding carboxylic acids is 1. The summed E-state index contributed by atoms with van der Waals surface area (Å²) in [5.41, 5.74) is 2.59. The minimum Gasteiger partial charge on any atom is -0.325 e. The van der Waals surface area contributed by atoms with E-state index >= 15 is 0 Å². The van der Waals surface area contributed by atoms with Crippen molar-refractivity contribution in [2.24, 2.45) is 5.92 Å². The molecule has 1 amide bonds. The van der Waals surface area contributed by atoms with Crippen LogP contribution in [0.1, 0.15) is 26.3 Å². The minimum atomic E-state index is -3.96. The predicted octanol–water partition coefficient (Wildman–Crippen LogP) is 3.20. The third-order valence-corrected chi connectivity index (χ3v) is 6.41. The van der Waals surface area contributed by atoms with Crippen LogP contribution in [0.15, 0.2) is 47.4 Å². The zero-order chi connectivity index (χ0) is 20.3. The highest BCUT2D eigenvalue weighted by molar-refractivity contribution is 7.89. The number of carbonyl (C=O) groups is 1. The normalized spacial score (nSPS) is 13.0. The van der Waals surface area contributed by atoms with Crippen molar-refractivity contribution < 1.29 is 13.2 Å². The molecule has 28 heavy (non-hydrogen) atoms. The highest BCUT2D eigenvalue weighted by atomic mass is 32.2. The Bertz CT molecular complexity index is 1080. The van der Waals surface area contributed by atoms with E-state index < -0.39 is 22.0 Å². The molecule has 0 spiro atoms. The van der Waals surface area contributed by atoms with Gasteiger partial charge in [-0.1, -0.05) is 39.0 Å². The van der Waals surface area contributed by atoms with Crippen molar-refractivity contribution in [3.05, 3.63) is 48.0 Å². The molecular weight excluding hydrogens is 396 g/mol. The molecule has 9 heteroatoms. The Labute approximate surface area is 168 Å². The van der Waals surface area contributed by atoms with Crippen molar-refractivity contribution in [3.8, 4) is 0 Å². The van der Waals surface area contributed by atoms with E-state index in [-0.39, 0.29) is 10.8 Å². The molecule has 0 saturated carbocycles. The molecule has 0 aliphatic rings. The zero-order valence-corrected chi connectivity index (χ0v) is 17.5. The van der Waals surface area contributed by atoms with Crippen LogP contribution in [0.3, 0.4) is 0 Å². The molecule has 1 heterocycles. The molecule has 1 aromatic heterocycles. The summed E-state index contributed by atoms with van der Waals surface area (Å²) in [7, 11) is -3.96. The van der Waals surface area contributed by atoms with Crippen molar-refractivity contribution in [2.45, 2.75) is 38.1 Å². The topological polar surface area (TPSA) is 101 Å². The summed E-state index contributed by atoms with van der Waals surface area (Å²) in [5, 5.41) is 2.79. The van der Waals surface area contributed by atoms with Crippen molar-refractivity contribution in [1.82, 2.24) is 13.5 Å². The fraction of sp³-hybridized carbons (Fsp3) is 0.316. The number of rotatable bonds is 7. The molecule has 3 aromatic rings. The first-order valence-corrected chi connectivity index (χ1v) is 11.2. The number of sulfonamides is 1. The Kier molecular flexibility index (Phi) is 6.07. The van der Waals surface area contributed by atoms with E-state index in [4.69, 9.17) is 0 Å². The summed E-state index contributed by atoms with van der Waals surface area (Å²) < 4.78 is 36.6. The summed E-state index contributed by atoms with van der Waals surface area (Å²) >= 11 is 0.948. The summed E-state index contributed by atoms with van der Waals surface area (Å²) in [6.07, 6.45) is 0.902. The predicted molar refractivity (Wildman–Crippen MR) is 111 cm³/mol. The quantitative estimate of drug-likeness (QED) is 0.614. The molecule has 3 rings (SSSR count). The molecule has 2 aromatic carbocycles. The largest absolute Gasteiger partial charge is 0.325 e. The first kappa shape index (κ1) is 20.4. The first-order chi connectivity index (χ1) is 13.3. The lowest BCUT2D eigenvalue weighted by Gasteiger charge is -2.21. The maximum absolute atomic E-state index is 12.9. The fourth-order valence-electron chi connectivity index (χ4n) is 2.77. The SMILES string of the molecule is CCc1ccc(NC(=O)[C@H](NS(=O)(=O)c2cccc3nsnc23)C(C)C)cc1. The summed E-state index contributed by atoms with van der Waals surface area (Å²) in [6, 6.07) is 11.3. The molecule has 0 bridgehead atoms. The Morgan fingerprint density at radius 1 is 1.11 bits per heavy atom. The van der Waals surface area contributed by atoms with Gasteiger partial charge in [0.1, 0.15) is 22.0 Å². The highest BCUT2D eigenvalue weighted by Crippen LogP contribution is 2.22. The number of nitrogens with zero attached hydrogens (tertiary/aromatic N) is 2. The van der Waals surface area contributed by atoms with Gasteiger partial charge < -0.3 is 5.32 Å². The molecule has 0 fully saturated rings. The number of fused-ring (bicyclic) bond motifs is 1. The second kappa shape index (κ2) is 8.34. The van der Waals surface area contributed by atoms with Gasteiger partial charge in [0.15, 0.2) is 0 Å². The zero-order valence-electron chi connectivity index (χ0n) is 15.8. The van der Waals surface area contributed by atoms with E-state index in [1.807, 2.05) is 24.3 Å². The van der Waals surface area contributed by atoms with Crippen LogP contribution >= 0.6 is 11.7 Å². The number of nitrogens with one attached hydrogen (secondary N) is 2. The molecule has 1 atom stereocenters. The third kappa shape index (κ3) is 4.37. The average molecular weight is 419 g/mol. The smallest absolute Gasteiger partial charge is 0.243 e. The minimum absolute atomic E-state index is 0.0181. The van der Waals surface area contributed by atoms with Gasteiger partial charge in [-0.3, -0.25) is 4.79 Å². The van der Waals surface area contributed by atoms with E-state index in [1.54, 1.807) is 26.0 Å². The Morgan fingerprint density at radius 3 is 2.46 bits per heavy atom. The fourth-order valence-corrected chi connectivity index (χ4v) is 4.88. The van der Waals surface area contributed by atoms with Gasteiger partial charge in [-0.15, -0.1) is 0 Å². The molecule has 0 aliphatic heterocycles. The summed E-state index contributed by atoms with van der Waals surface area (Å²) in [4.78, 5) is 12.8. The maximum Gasteiger partial charge on any atom is 0.243 e. The maximum atomic E-state index is 12.9. The Hall–Kier alpha value is -2.36. The number of hydrogen-bond acceptors (Lipinski definition) is 6. The number of amides is 1. The van der Waals surface area contributed by atoms with Crippen LogP contribution < -0.4 is 10.0 Å². The lowest BCUT2D eigenvalue weighted by atomic mass is 10.0. The van der Waals surface area contributed by atoms with Gasteiger partial charge >= 0.3 is 0 Å². The summed E-state index contributed by atoms with van der Waals surface area (Å²) in [6.45, 7) is 5.63. The van der Waals surface area contributed by atoms with E-state index in [2.05, 4.69) is 25.7 Å². The van der Waals surface area contributed by atoms with Gasteiger partial charge in [0, 0.05) is 5.69 Å². The number of aromatic nitrogens is 2. The Balaban J connectivity index is 1.83. The molecular formula is C19H22N4O3S2. The van der Waals surface area contributed by atoms with Crippen molar-refractivity contribution >= 4 is 44.4 Å². The van der Waals surface area contributed by atoms with E-state index in [0.29, 0.717) is 16.7 Å². The number of anilines is 1. The van der Waals surface area contributed by atoms with E-state index in [9.17, 15) is 13.2 Å². The van der Waals surface area contributed by atoms with Gasteiger partial charge in [-0.05, 0) is 42.2 Å². The number of hydrogen-bond donors (Lipinski definition) is 2. The molecule has 0 saturated heterocycles. The molecule has 0 unspecified atom stereocenters. The van der Waals surface area contributed by atoms with E-state index in [1.165, 1.54) is 6.07 Å². The van der Waals surface area contributed by atoms with Crippen molar-refractivity contribution in [2.75, 3.05) is 5.32 Å². The van der Waals surface area contributed by atoms with Crippen LogP contribution in [-0.4, -0.2) is 29.1 Å². The molecule has 0 aliphatic carbocycles. The summed E-state index contributed by atoms with van der Waals surface area (Å²) in [5.74, 6) is -0.663. The monoisotopic (exact) mass is 418 g/mol. The molecule has 2 N–H and O–H groups in total. The van der Waals surface area contributed by atoms with Gasteiger partial charge in [-0.25, -0.2) is 8.42 Å². The van der Waals surface area contributed by atoms with Crippen LogP contribution in [0.4, 0.5) is 5.69 Å². The molecule has 0 radical (unpaired) electrons. The van der Waals surface area contributed by atoms with E-state index in [0.717, 1.165) is 23.7 Å². The van der Waals surface area contributed by atoms with Crippen LogP contribution in [0.5, 0.6) is 0 Å². The van der Waals surface area contributed by atoms with Crippen molar-refractivity contribution in [3.63, 3.8) is 0 Å². The lowest BCUT2D eigenvalue weighted by Crippen LogP contribution is -2.47. The van der Waals surface area contributed by atoms with Gasteiger partial charge in [0.05, 0.1) is 11.7 Å². The Morgan fingerprint density at radius 2 is 1.82 bits per heavy atom. The van der Waals surface area contributed by atoms with Crippen molar-refractivity contribution in [1.29, 1.82) is 0 Å². The standard InChI is InChI=1S/C19H22N4O3S2/c1-4-13-8-10-14(11-9-13)20-19(24)17(12(2)3)23-28(25,26)16-7-5-6-15-18(16)22-27-21-15/h5-12,17,23H,4H2,1-3H3,(H,20,24)/t17-/m1/s1. The molecule has 148 valence electrons. The molecule has 7 nitrogen and oxygen atoms in total. The first-order valence-electron chi connectivity index (χ1n) is 8.95. The highest BCUT2D eigenvalue weighted by Gasteiger charge is 2.30. The lowest BCUT2D eigenvalue weighted by molar-refractivity contribution is -0.118. The van der Waals surface area contributed by atoms with Crippen LogP contribution in [0, 0.1) is 5.92 Å². The number of aryl methyl sites for hydroxylation is 1. The van der Waals surface area contributed by atoms with Crippen LogP contribution in [0.25, 0.3) is 11.0 Å². The van der Waals surface area contributed by atoms with Gasteiger partial charge in [0.2, 0.25) is 15.9 Å².